The molecule has 0 amide bonds. The smallest absolute Gasteiger partial charge is 1.00 e. The number of aliphatic hydroxyl groups excluding tert-OH is 1. The van der Waals surface area contributed by atoms with Crippen LogP contribution in [0.25, 0.3) is 0 Å². The van der Waals surface area contributed by atoms with Gasteiger partial charge >= 0.3 is 70.2 Å². The van der Waals surface area contributed by atoms with E-state index >= 15 is 0 Å². The first-order valence-electron chi connectivity index (χ1n) is 2.02. The van der Waals surface area contributed by atoms with Gasteiger partial charge in [-0.2, -0.15) is 0 Å². The first kappa shape index (κ1) is 29.8. The normalized spacial score (nSPS) is 4.67. The quantitative estimate of drug-likeness (QED) is 0.430. The monoisotopic (exact) mass is 190 g/mol. The second-order valence-electron chi connectivity index (χ2n) is 1.08. The Kier molecular flexibility index (Phi) is 102. The molecule has 0 fully saturated rings. The van der Waals surface area contributed by atoms with Gasteiger partial charge in [-0.3, -0.25) is 0 Å². The van der Waals surface area contributed by atoms with E-state index in [1.807, 2.05) is 0 Å². The van der Waals surface area contributed by atoms with Crippen LogP contribution < -0.4 is 95.1 Å². The van der Waals surface area contributed by atoms with Gasteiger partial charge in [0, 0.05) is 6.61 Å². The van der Waals surface area contributed by atoms with Gasteiger partial charge in [0.2, 0.25) is 0 Å². The zero-order chi connectivity index (χ0) is 4.12. The predicted molar refractivity (Wildman–Crippen MR) is 22.0 cm³/mol. The molecule has 9 heavy (non-hydrogen) atoms. The van der Waals surface area contributed by atoms with E-state index in [0.29, 0.717) is 6.61 Å². The third-order valence-corrected chi connectivity index (χ3v) is 0.512. The second kappa shape index (κ2) is 30.9. The number of hydrogen-bond donors (Lipinski definition) is 1. The van der Waals surface area contributed by atoms with Gasteiger partial charge in [0.05, 0.1) is 0 Å². The molecule has 0 rings (SSSR count). The van der Waals surface area contributed by atoms with Crippen molar-refractivity contribution in [3.05, 3.63) is 0 Å². The number of hydrogen-bond acceptors (Lipinski definition) is 1. The summed E-state index contributed by atoms with van der Waals surface area (Å²) in [6.07, 6.45) is 2.04. The zero-order valence-electron chi connectivity index (χ0n) is 6.32. The third kappa shape index (κ3) is 36.4. The maximum absolute atomic E-state index is 8.07. The predicted octanol–water partition coefficient (Wildman–Crippen LogP) is -11.2. The molecule has 0 bridgehead atoms. The van der Waals surface area contributed by atoms with Crippen LogP contribution in [0.4, 0.5) is 0 Å². The van der Waals surface area contributed by atoms with E-state index < -0.39 is 0 Å². The van der Waals surface area contributed by atoms with Gasteiger partial charge in [-0.05, 0) is 6.42 Å². The molecule has 0 atom stereocenters. The zero-order valence-corrected chi connectivity index (χ0v) is 11.0. The van der Waals surface area contributed by atoms with E-state index in [4.69, 9.17) is 5.11 Å². The van der Waals surface area contributed by atoms with Gasteiger partial charge in [-0.15, -0.1) is 0 Å². The van der Waals surface area contributed by atoms with Gasteiger partial charge in [0.25, 0.3) is 0 Å². The molecule has 0 aromatic heterocycles. The second-order valence-corrected chi connectivity index (χ2v) is 1.08. The Hall–Kier alpha value is 2.77. The van der Waals surface area contributed by atoms with Gasteiger partial charge in [-0.25, -0.2) is 0 Å². The Morgan fingerprint density at radius 3 is 1.56 bits per heavy atom. The minimum atomic E-state index is 0. The Bertz CT molecular complexity index is 26.0. The van der Waals surface area contributed by atoms with Crippen molar-refractivity contribution in [3.8, 4) is 0 Å². The number of rotatable bonds is 2. The SMILES string of the molecule is CCCCO.[Cl-].[Cl-].[K+].[Li+]. The van der Waals surface area contributed by atoms with Crippen molar-refractivity contribution >= 4 is 0 Å². The summed E-state index contributed by atoms with van der Waals surface area (Å²) >= 11 is 0. The summed E-state index contributed by atoms with van der Waals surface area (Å²) in [5.74, 6) is 0. The van der Waals surface area contributed by atoms with Crippen LogP contribution >= 0.6 is 0 Å². The average Bonchev–Trinajstić information content (AvgIpc) is 1.41. The van der Waals surface area contributed by atoms with Crippen molar-refractivity contribution in [1.29, 1.82) is 0 Å². The minimum absolute atomic E-state index is 0. The first-order chi connectivity index (χ1) is 2.41. The summed E-state index contributed by atoms with van der Waals surface area (Å²) in [6.45, 7) is 2.40. The molecule has 0 aliphatic carbocycles. The van der Waals surface area contributed by atoms with Crippen molar-refractivity contribution in [2.45, 2.75) is 19.8 Å². The molecule has 5 heteroatoms. The molecular formula is C4H10Cl2KLiO. The first-order valence-corrected chi connectivity index (χ1v) is 2.02. The largest absolute Gasteiger partial charge is 1.00 e. The van der Waals surface area contributed by atoms with Gasteiger partial charge in [-0.1, -0.05) is 13.3 Å². The Balaban J connectivity index is -0.0000000133. The number of halogens is 2. The molecule has 0 saturated heterocycles. The molecule has 0 radical (unpaired) electrons. The fraction of sp³-hybridized carbons (Fsp3) is 1.00. The van der Waals surface area contributed by atoms with Crippen LogP contribution in [0, 0.1) is 0 Å². The number of unbranched alkanes of at least 4 members (excludes halogenated alkanes) is 1. The van der Waals surface area contributed by atoms with Crippen LogP contribution in [0.5, 0.6) is 0 Å². The summed E-state index contributed by atoms with van der Waals surface area (Å²) in [5.41, 5.74) is 0. The van der Waals surface area contributed by atoms with Gasteiger partial charge in [0.15, 0.2) is 0 Å². The van der Waals surface area contributed by atoms with Gasteiger partial charge in [0.1, 0.15) is 0 Å². The Labute approximate surface area is 124 Å². The van der Waals surface area contributed by atoms with Crippen molar-refractivity contribution in [2.75, 3.05) is 6.61 Å². The Morgan fingerprint density at radius 1 is 1.22 bits per heavy atom. The van der Waals surface area contributed by atoms with Crippen LogP contribution in [0.2, 0.25) is 0 Å². The van der Waals surface area contributed by atoms with Crippen LogP contribution in [0.15, 0.2) is 0 Å². The number of aliphatic hydroxyl groups is 1. The summed E-state index contributed by atoms with van der Waals surface area (Å²) < 4.78 is 0. The molecule has 0 spiro atoms. The molecule has 0 aliphatic heterocycles. The van der Waals surface area contributed by atoms with Gasteiger partial charge < -0.3 is 29.9 Å². The van der Waals surface area contributed by atoms with Crippen LogP contribution in [-0.2, 0) is 0 Å². The molecule has 0 aromatic rings. The minimum Gasteiger partial charge on any atom is -1.00 e. The maximum Gasteiger partial charge on any atom is 1.00 e. The average molecular weight is 191 g/mol. The molecule has 0 aliphatic rings. The van der Waals surface area contributed by atoms with E-state index in [1.165, 1.54) is 0 Å². The summed E-state index contributed by atoms with van der Waals surface area (Å²) in [4.78, 5) is 0. The van der Waals surface area contributed by atoms with E-state index in [-0.39, 0.29) is 95.1 Å². The molecule has 1 N–H and O–H groups in total. The summed E-state index contributed by atoms with van der Waals surface area (Å²) in [7, 11) is 0. The summed E-state index contributed by atoms with van der Waals surface area (Å²) in [6, 6.07) is 0. The maximum atomic E-state index is 8.07. The van der Waals surface area contributed by atoms with Crippen molar-refractivity contribution < 1.29 is 100 Å². The summed E-state index contributed by atoms with van der Waals surface area (Å²) in [5, 5.41) is 8.07. The van der Waals surface area contributed by atoms with Crippen molar-refractivity contribution in [3.63, 3.8) is 0 Å². The molecule has 0 heterocycles. The topological polar surface area (TPSA) is 20.2 Å². The van der Waals surface area contributed by atoms with E-state index in [2.05, 4.69) is 6.92 Å². The van der Waals surface area contributed by atoms with Crippen LogP contribution in [0.3, 0.4) is 0 Å². The van der Waals surface area contributed by atoms with Crippen molar-refractivity contribution in [2.24, 2.45) is 0 Å². The fourth-order valence-corrected chi connectivity index (χ4v) is 0.158. The van der Waals surface area contributed by atoms with E-state index in [0.717, 1.165) is 12.8 Å². The van der Waals surface area contributed by atoms with E-state index in [1.54, 1.807) is 0 Å². The molecule has 48 valence electrons. The van der Waals surface area contributed by atoms with Crippen molar-refractivity contribution in [1.82, 2.24) is 0 Å². The standard InChI is InChI=1S/C4H10O.2ClH.K.Li/c1-2-3-4-5;;;;/h5H,2-4H2,1H3;2*1H;;/q;;;2*+1/p-2. The molecule has 0 unspecified atom stereocenters. The van der Waals surface area contributed by atoms with Crippen LogP contribution in [-0.4, -0.2) is 11.7 Å². The van der Waals surface area contributed by atoms with E-state index in [9.17, 15) is 0 Å². The molecule has 1 nitrogen and oxygen atoms in total. The molecule has 0 aromatic carbocycles. The van der Waals surface area contributed by atoms with Crippen LogP contribution in [0.1, 0.15) is 19.8 Å². The molecular weight excluding hydrogens is 181 g/mol. The molecule has 0 saturated carbocycles. The Morgan fingerprint density at radius 2 is 1.56 bits per heavy atom. The fourth-order valence-electron chi connectivity index (χ4n) is 0.158. The third-order valence-electron chi connectivity index (χ3n) is 0.512.